The molecule has 100 valence electrons. The van der Waals surface area contributed by atoms with Gasteiger partial charge in [0, 0.05) is 24.5 Å². The minimum Gasteiger partial charge on any atom is -0.371 e. The number of carbonyl (C=O) groups excluding carboxylic acids is 1. The van der Waals surface area contributed by atoms with Crippen LogP contribution in [0.25, 0.3) is 0 Å². The van der Waals surface area contributed by atoms with Crippen molar-refractivity contribution in [1.82, 2.24) is 5.32 Å². The quantitative estimate of drug-likeness (QED) is 0.620. The molecule has 1 aromatic rings. The molecule has 4 nitrogen and oxygen atoms in total. The topological polar surface area (TPSA) is 44.4 Å². The van der Waals surface area contributed by atoms with Gasteiger partial charge in [-0.2, -0.15) is 0 Å². The second-order valence-electron chi connectivity index (χ2n) is 4.60. The molecule has 1 aliphatic heterocycles. The van der Waals surface area contributed by atoms with Crippen LogP contribution in [0.5, 0.6) is 0 Å². The Bertz CT molecular complexity index is 473. The van der Waals surface area contributed by atoms with Crippen LogP contribution >= 0.6 is 0 Å². The zero-order valence-electron chi connectivity index (χ0n) is 11.0. The van der Waals surface area contributed by atoms with Crippen LogP contribution in [0, 0.1) is 12.3 Å². The highest BCUT2D eigenvalue weighted by molar-refractivity contribution is 5.92. The Morgan fingerprint density at radius 3 is 2.89 bits per heavy atom. The highest BCUT2D eigenvalue weighted by Gasteiger charge is 2.12. The van der Waals surface area contributed by atoms with Gasteiger partial charge in [-0.05, 0) is 31.0 Å². The molecule has 1 aliphatic rings. The number of benzene rings is 1. The fourth-order valence-corrected chi connectivity index (χ4v) is 2.21. The Kier molecular flexibility index (Phi) is 4.82. The maximum Gasteiger partial charge on any atom is 0.238 e. The molecule has 1 fully saturated rings. The van der Waals surface area contributed by atoms with Crippen molar-refractivity contribution in [2.24, 2.45) is 0 Å². The van der Waals surface area contributed by atoms with Gasteiger partial charge >= 0.3 is 0 Å². The average molecular weight is 257 g/mol. The van der Waals surface area contributed by atoms with Crippen LogP contribution in [0.1, 0.15) is 12.8 Å². The molecule has 0 radical (unpaired) electrons. The monoisotopic (exact) mass is 257 g/mol. The Balaban J connectivity index is 1.91. The second kappa shape index (κ2) is 6.81. The van der Waals surface area contributed by atoms with E-state index in [1.807, 2.05) is 18.2 Å². The molecule has 0 saturated carbocycles. The molecule has 1 amide bonds. The van der Waals surface area contributed by atoms with Crippen LogP contribution in [0.15, 0.2) is 24.3 Å². The lowest BCUT2D eigenvalue weighted by Gasteiger charge is -2.18. The van der Waals surface area contributed by atoms with Crippen LogP contribution in [0.2, 0.25) is 0 Å². The fraction of sp³-hybridized carbons (Fsp3) is 0.400. The third-order valence-electron chi connectivity index (χ3n) is 3.11. The lowest BCUT2D eigenvalue weighted by atomic mass is 10.2. The van der Waals surface area contributed by atoms with Gasteiger partial charge in [-0.1, -0.05) is 12.0 Å². The molecule has 1 heterocycles. The number of amides is 1. The SMILES string of the molecule is C#CCNCC(=O)Nc1cccc(N2CCCC2)c1. The molecule has 4 heteroatoms. The first kappa shape index (κ1) is 13.4. The van der Waals surface area contributed by atoms with Crippen LogP contribution in [0.3, 0.4) is 0 Å². The van der Waals surface area contributed by atoms with E-state index in [0.29, 0.717) is 6.54 Å². The summed E-state index contributed by atoms with van der Waals surface area (Å²) in [5.74, 6) is 2.36. The van der Waals surface area contributed by atoms with Crippen molar-refractivity contribution in [3.05, 3.63) is 24.3 Å². The van der Waals surface area contributed by atoms with E-state index >= 15 is 0 Å². The molecular weight excluding hydrogens is 238 g/mol. The van der Waals surface area contributed by atoms with Crippen molar-refractivity contribution in [3.63, 3.8) is 0 Å². The van der Waals surface area contributed by atoms with E-state index in [1.54, 1.807) is 0 Å². The average Bonchev–Trinajstić information content (AvgIpc) is 2.93. The number of terminal acetylenes is 1. The molecule has 0 aliphatic carbocycles. The van der Waals surface area contributed by atoms with Crippen molar-refractivity contribution >= 4 is 17.3 Å². The van der Waals surface area contributed by atoms with Gasteiger partial charge in [-0.3, -0.25) is 10.1 Å². The van der Waals surface area contributed by atoms with Gasteiger partial charge < -0.3 is 10.2 Å². The fourth-order valence-electron chi connectivity index (χ4n) is 2.21. The summed E-state index contributed by atoms with van der Waals surface area (Å²) in [4.78, 5) is 14.0. The number of anilines is 2. The summed E-state index contributed by atoms with van der Waals surface area (Å²) in [5, 5.41) is 5.73. The highest BCUT2D eigenvalue weighted by atomic mass is 16.1. The van der Waals surface area contributed by atoms with Crippen LogP contribution in [-0.4, -0.2) is 32.1 Å². The van der Waals surface area contributed by atoms with Gasteiger partial charge in [-0.15, -0.1) is 6.42 Å². The molecule has 2 rings (SSSR count). The minimum atomic E-state index is -0.0752. The van der Waals surface area contributed by atoms with E-state index < -0.39 is 0 Å². The minimum absolute atomic E-state index is 0.0752. The Hall–Kier alpha value is -1.99. The van der Waals surface area contributed by atoms with Crippen molar-refractivity contribution in [1.29, 1.82) is 0 Å². The van der Waals surface area contributed by atoms with Gasteiger partial charge in [0.25, 0.3) is 0 Å². The largest absolute Gasteiger partial charge is 0.371 e. The lowest BCUT2D eigenvalue weighted by Crippen LogP contribution is -2.28. The van der Waals surface area contributed by atoms with E-state index in [-0.39, 0.29) is 12.5 Å². The summed E-state index contributed by atoms with van der Waals surface area (Å²) in [5.41, 5.74) is 2.00. The first-order chi connectivity index (χ1) is 9.29. The zero-order valence-corrected chi connectivity index (χ0v) is 11.0. The first-order valence-electron chi connectivity index (χ1n) is 6.58. The van der Waals surface area contributed by atoms with Gasteiger partial charge in [0.2, 0.25) is 5.91 Å². The van der Waals surface area contributed by atoms with E-state index in [0.717, 1.165) is 18.8 Å². The molecule has 0 unspecified atom stereocenters. The van der Waals surface area contributed by atoms with Crippen LogP contribution in [0.4, 0.5) is 11.4 Å². The summed E-state index contributed by atoms with van der Waals surface area (Å²) in [6.45, 7) is 2.83. The van der Waals surface area contributed by atoms with Crippen LogP contribution < -0.4 is 15.5 Å². The summed E-state index contributed by atoms with van der Waals surface area (Å²) in [7, 11) is 0. The maximum atomic E-state index is 11.7. The summed E-state index contributed by atoms with van der Waals surface area (Å²) < 4.78 is 0. The Morgan fingerprint density at radius 2 is 2.16 bits per heavy atom. The van der Waals surface area contributed by atoms with Gasteiger partial charge in [0.15, 0.2) is 0 Å². The van der Waals surface area contributed by atoms with E-state index in [4.69, 9.17) is 6.42 Å². The summed E-state index contributed by atoms with van der Waals surface area (Å²) >= 11 is 0. The van der Waals surface area contributed by atoms with Gasteiger partial charge in [-0.25, -0.2) is 0 Å². The molecule has 1 saturated heterocycles. The normalized spacial score (nSPS) is 14.2. The summed E-state index contributed by atoms with van der Waals surface area (Å²) in [6.07, 6.45) is 7.59. The predicted molar refractivity (Wildman–Crippen MR) is 78.2 cm³/mol. The van der Waals surface area contributed by atoms with Crippen LogP contribution in [-0.2, 0) is 4.79 Å². The van der Waals surface area contributed by atoms with Crippen molar-refractivity contribution in [2.45, 2.75) is 12.8 Å². The standard InChI is InChI=1S/C15H19N3O/c1-2-8-16-12-15(19)17-13-6-5-7-14(11-13)18-9-3-4-10-18/h1,5-7,11,16H,3-4,8-10,12H2,(H,17,19). The van der Waals surface area contributed by atoms with E-state index in [2.05, 4.69) is 27.5 Å². The Labute approximate surface area is 114 Å². The molecule has 2 N–H and O–H groups in total. The molecule has 0 aromatic heterocycles. The maximum absolute atomic E-state index is 11.7. The molecule has 0 atom stereocenters. The molecule has 0 spiro atoms. The van der Waals surface area contributed by atoms with Crippen molar-refractivity contribution < 1.29 is 4.79 Å². The highest BCUT2D eigenvalue weighted by Crippen LogP contribution is 2.23. The first-order valence-corrected chi connectivity index (χ1v) is 6.58. The third-order valence-corrected chi connectivity index (χ3v) is 3.11. The number of nitrogens with zero attached hydrogens (tertiary/aromatic N) is 1. The molecule has 0 bridgehead atoms. The Morgan fingerprint density at radius 1 is 1.37 bits per heavy atom. The molecule has 1 aromatic carbocycles. The van der Waals surface area contributed by atoms with Gasteiger partial charge in [0.05, 0.1) is 13.1 Å². The number of carbonyl (C=O) groups is 1. The molecular formula is C15H19N3O. The lowest BCUT2D eigenvalue weighted by molar-refractivity contribution is -0.115. The second-order valence-corrected chi connectivity index (χ2v) is 4.60. The van der Waals surface area contributed by atoms with E-state index in [9.17, 15) is 4.79 Å². The van der Waals surface area contributed by atoms with Crippen molar-refractivity contribution in [2.75, 3.05) is 36.4 Å². The molecule has 19 heavy (non-hydrogen) atoms. The van der Waals surface area contributed by atoms with Gasteiger partial charge in [0.1, 0.15) is 0 Å². The third kappa shape index (κ3) is 4.01. The summed E-state index contributed by atoms with van der Waals surface area (Å²) in [6, 6.07) is 7.97. The smallest absolute Gasteiger partial charge is 0.238 e. The van der Waals surface area contributed by atoms with E-state index in [1.165, 1.54) is 18.5 Å². The zero-order chi connectivity index (χ0) is 13.5. The van der Waals surface area contributed by atoms with Crippen molar-refractivity contribution in [3.8, 4) is 12.3 Å². The number of rotatable bonds is 5. The number of hydrogen-bond acceptors (Lipinski definition) is 3. The number of hydrogen-bond donors (Lipinski definition) is 2. The predicted octanol–water partition coefficient (Wildman–Crippen LogP) is 1.45. The number of nitrogens with one attached hydrogen (secondary N) is 2.